The first-order chi connectivity index (χ1) is 12.5. The Morgan fingerprint density at radius 3 is 2.69 bits per heavy atom. The number of hydrazone groups is 1. The molecule has 0 fully saturated rings. The average Bonchev–Trinajstić information content (AvgIpc) is 2.98. The van der Waals surface area contributed by atoms with Gasteiger partial charge in [0.1, 0.15) is 0 Å². The molecule has 1 heterocycles. The number of rotatable bonds is 10. The molecule has 0 N–H and O–H groups in total. The Morgan fingerprint density at radius 1 is 1.38 bits per heavy atom. The van der Waals surface area contributed by atoms with Crippen LogP contribution in [0.5, 0.6) is 0 Å². The van der Waals surface area contributed by atoms with Gasteiger partial charge in [0, 0.05) is 35.6 Å². The molecule has 0 radical (unpaired) electrons. The molecule has 1 rings (SSSR count). The highest BCUT2D eigenvalue weighted by atomic mass is 79.9. The fourth-order valence-electron chi connectivity index (χ4n) is 2.44. The van der Waals surface area contributed by atoms with Crippen LogP contribution in [0.3, 0.4) is 0 Å². The van der Waals surface area contributed by atoms with Crippen LogP contribution in [0.2, 0.25) is 0 Å². The van der Waals surface area contributed by atoms with Gasteiger partial charge in [-0.25, -0.2) is 5.01 Å². The van der Waals surface area contributed by atoms with Gasteiger partial charge >= 0.3 is 0 Å². The lowest BCUT2D eigenvalue weighted by Crippen LogP contribution is -2.24. The van der Waals surface area contributed by atoms with Crippen molar-refractivity contribution < 1.29 is 4.79 Å². The molecule has 140 valence electrons. The third kappa shape index (κ3) is 6.26. The van der Waals surface area contributed by atoms with Crippen molar-refractivity contribution in [1.82, 2.24) is 9.91 Å². The maximum absolute atomic E-state index is 12.1. The second kappa shape index (κ2) is 11.4. The Morgan fingerprint density at radius 2 is 2.12 bits per heavy atom. The summed E-state index contributed by atoms with van der Waals surface area (Å²) in [6.07, 6.45) is 11.4. The Kier molecular flexibility index (Phi) is 9.58. The number of hydrogen-bond donors (Lipinski definition) is 0. The van der Waals surface area contributed by atoms with Crippen molar-refractivity contribution in [2.45, 2.75) is 20.3 Å². The summed E-state index contributed by atoms with van der Waals surface area (Å²) in [5.74, 6) is -0.0133. The number of nitrogens with zero attached hydrogens (tertiary/aromatic N) is 4. The van der Waals surface area contributed by atoms with E-state index in [-0.39, 0.29) is 5.91 Å². The maximum atomic E-state index is 12.1. The molecular weight excluding hydrogens is 392 g/mol. The number of halogens is 1. The molecule has 0 aromatic carbocycles. The number of hydrogen-bond acceptors (Lipinski definition) is 4. The lowest BCUT2D eigenvalue weighted by Gasteiger charge is -2.24. The molecule has 5 nitrogen and oxygen atoms in total. The van der Waals surface area contributed by atoms with Gasteiger partial charge in [-0.3, -0.25) is 9.79 Å². The molecule has 0 aromatic rings. The lowest BCUT2D eigenvalue weighted by molar-refractivity contribution is -0.128. The molecule has 0 saturated heterocycles. The highest BCUT2D eigenvalue weighted by Crippen LogP contribution is 2.22. The number of likely N-dealkylation sites (N-methyl/N-ethyl adjacent to an activating group) is 1. The van der Waals surface area contributed by atoms with Crippen molar-refractivity contribution >= 4 is 33.8 Å². The van der Waals surface area contributed by atoms with Crippen LogP contribution in [0.4, 0.5) is 0 Å². The van der Waals surface area contributed by atoms with Crippen LogP contribution in [0, 0.1) is 0 Å². The van der Waals surface area contributed by atoms with E-state index in [1.807, 2.05) is 39.1 Å². The fraction of sp³-hybridized carbons (Fsp3) is 0.350. The first-order valence-corrected chi connectivity index (χ1v) is 9.29. The van der Waals surface area contributed by atoms with Crippen LogP contribution in [0.15, 0.2) is 69.4 Å². The third-order valence-electron chi connectivity index (χ3n) is 3.77. The Balaban J connectivity index is 2.93. The maximum Gasteiger partial charge on any atom is 0.249 e. The van der Waals surface area contributed by atoms with E-state index in [0.29, 0.717) is 19.5 Å². The monoisotopic (exact) mass is 418 g/mol. The lowest BCUT2D eigenvalue weighted by atomic mass is 10.0. The summed E-state index contributed by atoms with van der Waals surface area (Å²) in [5.41, 5.74) is 2.67. The zero-order valence-electron chi connectivity index (χ0n) is 15.8. The van der Waals surface area contributed by atoms with Gasteiger partial charge in [-0.2, -0.15) is 5.10 Å². The van der Waals surface area contributed by atoms with Gasteiger partial charge in [-0.1, -0.05) is 30.9 Å². The van der Waals surface area contributed by atoms with Gasteiger partial charge in [0.15, 0.2) is 0 Å². The molecule has 0 bridgehead atoms. The SMILES string of the molecule is C=C/C=C(\C(=C/C)C1=NN(CC=C)C(=O)C1)N(C)CCN=C/C(Br)=C\C. The van der Waals surface area contributed by atoms with E-state index >= 15 is 0 Å². The second-order valence-electron chi connectivity index (χ2n) is 5.61. The Hall–Kier alpha value is -2.21. The quantitative estimate of drug-likeness (QED) is 0.304. The standard InChI is InChI=1S/C20H27BrN4O/c1-6-10-19(24(5)13-11-22-15-16(21)8-3)17(9-4)18-14-20(26)25(23-18)12-7-2/h6-10,15H,1-2,11-14H2,3-5H3/b16-8+,17-9-,19-10+,22-15?. The molecule has 1 aliphatic rings. The number of amides is 1. The number of aliphatic imine (C=N–C) groups is 1. The zero-order chi connectivity index (χ0) is 19.5. The summed E-state index contributed by atoms with van der Waals surface area (Å²) in [6.45, 7) is 13.2. The van der Waals surface area contributed by atoms with Crippen LogP contribution in [-0.2, 0) is 4.79 Å². The Bertz CT molecular complexity index is 686. The van der Waals surface area contributed by atoms with E-state index in [0.717, 1.165) is 28.0 Å². The summed E-state index contributed by atoms with van der Waals surface area (Å²) in [7, 11) is 2.00. The molecule has 1 aliphatic heterocycles. The van der Waals surface area contributed by atoms with Crippen LogP contribution in [0.1, 0.15) is 20.3 Å². The van der Waals surface area contributed by atoms with Gasteiger partial charge in [0.05, 0.1) is 25.2 Å². The number of carbonyl (C=O) groups is 1. The van der Waals surface area contributed by atoms with E-state index in [1.54, 1.807) is 18.4 Å². The largest absolute Gasteiger partial charge is 0.372 e. The molecule has 0 unspecified atom stereocenters. The van der Waals surface area contributed by atoms with Crippen molar-refractivity contribution in [3.8, 4) is 0 Å². The van der Waals surface area contributed by atoms with Crippen molar-refractivity contribution in [3.63, 3.8) is 0 Å². The molecule has 0 spiro atoms. The molecule has 0 saturated carbocycles. The summed E-state index contributed by atoms with van der Waals surface area (Å²) in [5, 5.41) is 5.92. The van der Waals surface area contributed by atoms with Crippen molar-refractivity contribution in [2.24, 2.45) is 10.1 Å². The predicted octanol–water partition coefficient (Wildman–Crippen LogP) is 4.08. The number of allylic oxidation sites excluding steroid dienone is 6. The van der Waals surface area contributed by atoms with Crippen LogP contribution < -0.4 is 0 Å². The number of carbonyl (C=O) groups excluding carboxylic acids is 1. The molecule has 0 aromatic heterocycles. The molecule has 6 heteroatoms. The highest BCUT2D eigenvalue weighted by molar-refractivity contribution is 9.12. The summed E-state index contributed by atoms with van der Waals surface area (Å²) in [4.78, 5) is 18.6. The van der Waals surface area contributed by atoms with Crippen molar-refractivity contribution in [1.29, 1.82) is 0 Å². The normalized spacial score (nSPS) is 16.3. The molecule has 1 amide bonds. The van der Waals surface area contributed by atoms with E-state index < -0.39 is 0 Å². The Labute approximate surface area is 165 Å². The fourth-order valence-corrected chi connectivity index (χ4v) is 2.58. The smallest absolute Gasteiger partial charge is 0.249 e. The van der Waals surface area contributed by atoms with Gasteiger partial charge in [0.2, 0.25) is 5.91 Å². The molecule has 0 atom stereocenters. The first-order valence-electron chi connectivity index (χ1n) is 8.49. The van der Waals surface area contributed by atoms with Crippen molar-refractivity contribution in [3.05, 3.63) is 59.3 Å². The van der Waals surface area contributed by atoms with Crippen LogP contribution in [-0.4, -0.2) is 54.4 Å². The summed E-state index contributed by atoms with van der Waals surface area (Å²) in [6, 6.07) is 0. The predicted molar refractivity (Wildman–Crippen MR) is 115 cm³/mol. The van der Waals surface area contributed by atoms with Crippen LogP contribution in [0.25, 0.3) is 0 Å². The van der Waals surface area contributed by atoms with E-state index in [2.05, 4.69) is 44.1 Å². The van der Waals surface area contributed by atoms with Crippen LogP contribution >= 0.6 is 15.9 Å². The topological polar surface area (TPSA) is 48.3 Å². The van der Waals surface area contributed by atoms with E-state index in [1.165, 1.54) is 5.01 Å². The zero-order valence-corrected chi connectivity index (χ0v) is 17.4. The summed E-state index contributed by atoms with van der Waals surface area (Å²) >= 11 is 3.41. The molecule has 0 aliphatic carbocycles. The third-order valence-corrected chi connectivity index (χ3v) is 4.43. The van der Waals surface area contributed by atoms with Gasteiger partial charge in [-0.15, -0.1) is 6.58 Å². The first kappa shape index (κ1) is 21.8. The second-order valence-corrected chi connectivity index (χ2v) is 6.52. The minimum absolute atomic E-state index is 0.0133. The minimum Gasteiger partial charge on any atom is -0.372 e. The van der Waals surface area contributed by atoms with E-state index in [4.69, 9.17) is 0 Å². The van der Waals surface area contributed by atoms with Crippen molar-refractivity contribution in [2.75, 3.05) is 26.7 Å². The average molecular weight is 419 g/mol. The van der Waals surface area contributed by atoms with E-state index in [9.17, 15) is 4.79 Å². The van der Waals surface area contributed by atoms with Gasteiger partial charge < -0.3 is 4.90 Å². The molecule has 26 heavy (non-hydrogen) atoms. The minimum atomic E-state index is -0.0133. The van der Waals surface area contributed by atoms with Gasteiger partial charge in [-0.05, 0) is 35.9 Å². The summed E-state index contributed by atoms with van der Waals surface area (Å²) < 4.78 is 0.956. The van der Waals surface area contributed by atoms with Gasteiger partial charge in [0.25, 0.3) is 0 Å². The molecular formula is C20H27BrN4O. The highest BCUT2D eigenvalue weighted by Gasteiger charge is 2.27.